The van der Waals surface area contributed by atoms with E-state index in [9.17, 15) is 9.90 Å². The van der Waals surface area contributed by atoms with E-state index in [0.717, 1.165) is 17.8 Å². The van der Waals surface area contributed by atoms with Gasteiger partial charge in [0.05, 0.1) is 16.7 Å². The van der Waals surface area contributed by atoms with Crippen molar-refractivity contribution in [3.05, 3.63) is 64.7 Å². The van der Waals surface area contributed by atoms with Crippen LogP contribution in [0.25, 0.3) is 0 Å². The summed E-state index contributed by atoms with van der Waals surface area (Å²) in [5, 5.41) is 15.8. The van der Waals surface area contributed by atoms with Gasteiger partial charge in [0.25, 0.3) is 5.91 Å². The van der Waals surface area contributed by atoms with Gasteiger partial charge in [0, 0.05) is 12.2 Å². The maximum absolute atomic E-state index is 12.2. The Hall–Kier alpha value is -1.88. The number of aliphatic hydroxyl groups excluding tert-OH is 1. The molecular formula is C18H21ClN2O2. The van der Waals surface area contributed by atoms with E-state index >= 15 is 0 Å². The minimum absolute atomic E-state index is 0.227. The fourth-order valence-corrected chi connectivity index (χ4v) is 2.37. The standard InChI is InChI=1S/C18H21ClN2O2/c1-13(22)9-10-20-12-14-5-4-6-15(11-14)21-18(23)16-7-2-3-8-17(16)19/h2-8,11,13,20,22H,9-10,12H2,1H3,(H,21,23). The number of anilines is 1. The Bertz CT molecular complexity index is 659. The summed E-state index contributed by atoms with van der Waals surface area (Å²) in [6, 6.07) is 14.6. The molecule has 0 heterocycles. The minimum atomic E-state index is -0.302. The zero-order valence-corrected chi connectivity index (χ0v) is 13.8. The monoisotopic (exact) mass is 332 g/mol. The van der Waals surface area contributed by atoms with Gasteiger partial charge in [-0.1, -0.05) is 35.9 Å². The van der Waals surface area contributed by atoms with Crippen LogP contribution in [0.2, 0.25) is 5.02 Å². The molecule has 3 N–H and O–H groups in total. The molecule has 1 atom stereocenters. The van der Waals surface area contributed by atoms with Crippen LogP contribution in [0.5, 0.6) is 0 Å². The summed E-state index contributed by atoms with van der Waals surface area (Å²) in [5.74, 6) is -0.227. The molecule has 5 heteroatoms. The molecule has 2 aromatic rings. The average Bonchev–Trinajstić information content (AvgIpc) is 2.52. The SMILES string of the molecule is CC(O)CCNCc1cccc(NC(=O)c2ccccc2Cl)c1. The number of hydrogen-bond acceptors (Lipinski definition) is 3. The van der Waals surface area contributed by atoms with Crippen molar-refractivity contribution in [2.24, 2.45) is 0 Å². The maximum Gasteiger partial charge on any atom is 0.257 e. The van der Waals surface area contributed by atoms with Crippen molar-refractivity contribution in [3.63, 3.8) is 0 Å². The minimum Gasteiger partial charge on any atom is -0.393 e. The number of carbonyl (C=O) groups is 1. The van der Waals surface area contributed by atoms with Crippen LogP contribution >= 0.6 is 11.6 Å². The van der Waals surface area contributed by atoms with Crippen molar-refractivity contribution in [3.8, 4) is 0 Å². The lowest BCUT2D eigenvalue weighted by molar-refractivity contribution is 0.102. The number of benzene rings is 2. The van der Waals surface area contributed by atoms with Crippen LogP contribution in [-0.4, -0.2) is 23.7 Å². The average molecular weight is 333 g/mol. The van der Waals surface area contributed by atoms with E-state index in [4.69, 9.17) is 11.6 Å². The fraction of sp³-hybridized carbons (Fsp3) is 0.278. The van der Waals surface area contributed by atoms with E-state index in [1.54, 1.807) is 31.2 Å². The molecule has 23 heavy (non-hydrogen) atoms. The summed E-state index contributed by atoms with van der Waals surface area (Å²) in [6.45, 7) is 3.20. The van der Waals surface area contributed by atoms with Crippen molar-refractivity contribution in [2.75, 3.05) is 11.9 Å². The first-order chi connectivity index (χ1) is 11.1. The second-order valence-corrected chi connectivity index (χ2v) is 5.86. The van der Waals surface area contributed by atoms with E-state index in [2.05, 4.69) is 10.6 Å². The van der Waals surface area contributed by atoms with Crippen LogP contribution in [0.15, 0.2) is 48.5 Å². The van der Waals surface area contributed by atoms with Crippen molar-refractivity contribution >= 4 is 23.2 Å². The first kappa shape index (κ1) is 17.5. The van der Waals surface area contributed by atoms with Crippen LogP contribution in [0.3, 0.4) is 0 Å². The third-order valence-corrected chi connectivity index (χ3v) is 3.70. The Kier molecular flexibility index (Phi) is 6.59. The molecule has 0 spiro atoms. The quantitative estimate of drug-likeness (QED) is 0.680. The van der Waals surface area contributed by atoms with Crippen molar-refractivity contribution in [1.29, 1.82) is 0 Å². The number of halogens is 1. The largest absolute Gasteiger partial charge is 0.393 e. The predicted octanol–water partition coefficient (Wildman–Crippen LogP) is 3.45. The second-order valence-electron chi connectivity index (χ2n) is 5.45. The van der Waals surface area contributed by atoms with Crippen LogP contribution in [0.1, 0.15) is 29.3 Å². The summed E-state index contributed by atoms with van der Waals surface area (Å²) >= 11 is 6.04. The number of carbonyl (C=O) groups excluding carboxylic acids is 1. The molecular weight excluding hydrogens is 312 g/mol. The molecule has 0 aromatic heterocycles. The molecule has 2 rings (SSSR count). The van der Waals surface area contributed by atoms with Gasteiger partial charge in [-0.2, -0.15) is 0 Å². The third-order valence-electron chi connectivity index (χ3n) is 3.37. The van der Waals surface area contributed by atoms with E-state index < -0.39 is 0 Å². The molecule has 0 aliphatic carbocycles. The zero-order chi connectivity index (χ0) is 16.7. The third kappa shape index (κ3) is 5.67. The van der Waals surface area contributed by atoms with E-state index in [0.29, 0.717) is 23.6 Å². The lowest BCUT2D eigenvalue weighted by Gasteiger charge is -2.10. The Morgan fingerprint density at radius 1 is 1.22 bits per heavy atom. The molecule has 4 nitrogen and oxygen atoms in total. The van der Waals surface area contributed by atoms with Gasteiger partial charge in [-0.15, -0.1) is 0 Å². The summed E-state index contributed by atoms with van der Waals surface area (Å²) < 4.78 is 0. The molecule has 0 radical (unpaired) electrons. The number of amides is 1. The number of aliphatic hydroxyl groups is 1. The van der Waals surface area contributed by atoms with Gasteiger partial charge >= 0.3 is 0 Å². The molecule has 2 aromatic carbocycles. The van der Waals surface area contributed by atoms with Crippen molar-refractivity contribution in [2.45, 2.75) is 26.0 Å². The highest BCUT2D eigenvalue weighted by atomic mass is 35.5. The lowest BCUT2D eigenvalue weighted by atomic mass is 10.1. The number of rotatable bonds is 7. The Labute approximate surface area is 141 Å². The van der Waals surface area contributed by atoms with Gasteiger partial charge in [0.15, 0.2) is 0 Å². The van der Waals surface area contributed by atoms with Crippen molar-refractivity contribution < 1.29 is 9.90 Å². The Morgan fingerprint density at radius 3 is 2.74 bits per heavy atom. The zero-order valence-electron chi connectivity index (χ0n) is 13.1. The highest BCUT2D eigenvalue weighted by Gasteiger charge is 2.09. The fourth-order valence-electron chi connectivity index (χ4n) is 2.15. The molecule has 1 unspecified atom stereocenters. The van der Waals surface area contributed by atoms with Gasteiger partial charge in [0.2, 0.25) is 0 Å². The lowest BCUT2D eigenvalue weighted by Crippen LogP contribution is -2.19. The smallest absolute Gasteiger partial charge is 0.257 e. The molecule has 0 fully saturated rings. The first-order valence-electron chi connectivity index (χ1n) is 7.60. The first-order valence-corrected chi connectivity index (χ1v) is 7.97. The van der Waals surface area contributed by atoms with Gasteiger partial charge in [0.1, 0.15) is 0 Å². The van der Waals surface area contributed by atoms with E-state index in [1.165, 1.54) is 0 Å². The summed E-state index contributed by atoms with van der Waals surface area (Å²) in [7, 11) is 0. The highest BCUT2D eigenvalue weighted by molar-refractivity contribution is 6.34. The van der Waals surface area contributed by atoms with Gasteiger partial charge in [-0.3, -0.25) is 4.79 Å². The Morgan fingerprint density at radius 2 is 2.00 bits per heavy atom. The predicted molar refractivity (Wildman–Crippen MR) is 93.9 cm³/mol. The summed E-state index contributed by atoms with van der Waals surface area (Å²) in [5.41, 5.74) is 2.24. The molecule has 0 aliphatic rings. The molecule has 1 amide bonds. The maximum atomic E-state index is 12.2. The number of nitrogens with one attached hydrogen (secondary N) is 2. The van der Waals surface area contributed by atoms with Gasteiger partial charge in [-0.05, 0) is 49.7 Å². The van der Waals surface area contributed by atoms with E-state index in [-0.39, 0.29) is 12.0 Å². The molecule has 0 aliphatic heterocycles. The van der Waals surface area contributed by atoms with E-state index in [1.807, 2.05) is 24.3 Å². The normalized spacial score (nSPS) is 12.0. The van der Waals surface area contributed by atoms with Crippen LogP contribution < -0.4 is 10.6 Å². The number of hydrogen-bond donors (Lipinski definition) is 3. The highest BCUT2D eigenvalue weighted by Crippen LogP contribution is 2.18. The van der Waals surface area contributed by atoms with Crippen LogP contribution in [0.4, 0.5) is 5.69 Å². The Balaban J connectivity index is 1.94. The van der Waals surface area contributed by atoms with Gasteiger partial charge in [-0.25, -0.2) is 0 Å². The van der Waals surface area contributed by atoms with Crippen LogP contribution in [0, 0.1) is 0 Å². The van der Waals surface area contributed by atoms with Crippen LogP contribution in [-0.2, 0) is 6.54 Å². The topological polar surface area (TPSA) is 61.4 Å². The summed E-state index contributed by atoms with van der Waals surface area (Å²) in [6.07, 6.45) is 0.409. The van der Waals surface area contributed by atoms with Crippen molar-refractivity contribution in [1.82, 2.24) is 5.32 Å². The molecule has 122 valence electrons. The second kappa shape index (κ2) is 8.67. The summed E-state index contributed by atoms with van der Waals surface area (Å²) in [4.78, 5) is 12.2. The van der Waals surface area contributed by atoms with Gasteiger partial charge < -0.3 is 15.7 Å². The molecule has 0 saturated heterocycles. The molecule has 0 bridgehead atoms. The molecule has 0 saturated carbocycles.